The van der Waals surface area contributed by atoms with Gasteiger partial charge < -0.3 is 24.4 Å². The van der Waals surface area contributed by atoms with Crippen LogP contribution < -0.4 is 25.2 Å². The zero-order valence-electron chi connectivity index (χ0n) is 13.9. The molecule has 0 unspecified atom stereocenters. The second-order valence-corrected chi connectivity index (χ2v) is 5.71. The zero-order valence-corrected chi connectivity index (χ0v) is 13.9. The highest BCUT2D eigenvalue weighted by Gasteiger charge is 2.20. The van der Waals surface area contributed by atoms with Gasteiger partial charge in [0.15, 0.2) is 0 Å². The molecule has 3 rings (SSSR count). The first-order valence-corrected chi connectivity index (χ1v) is 7.99. The van der Waals surface area contributed by atoms with Crippen LogP contribution in [0.4, 0.5) is 11.5 Å². The smallest absolute Gasteiger partial charge is 0.267 e. The minimum absolute atomic E-state index is 0.458. The summed E-state index contributed by atoms with van der Waals surface area (Å²) in [6.07, 6.45) is 0. The van der Waals surface area contributed by atoms with Crippen molar-refractivity contribution < 1.29 is 14.6 Å². The maximum Gasteiger partial charge on any atom is 0.267 e. The van der Waals surface area contributed by atoms with Crippen LogP contribution in [0.2, 0.25) is 0 Å². The van der Waals surface area contributed by atoms with Crippen LogP contribution in [0.25, 0.3) is 0 Å². The number of ether oxygens (including phenoxy) is 1. The molecule has 25 heavy (non-hydrogen) atoms. The summed E-state index contributed by atoms with van der Waals surface area (Å²) in [5.74, 6) is 0.0739. The Morgan fingerprint density at radius 1 is 1.12 bits per heavy atom. The Hall–Kier alpha value is -3.03. The number of carboxylic acids is 1. The molecule has 1 aliphatic heterocycles. The Kier molecular flexibility index (Phi) is 4.87. The third kappa shape index (κ3) is 3.73. The van der Waals surface area contributed by atoms with Gasteiger partial charge in [-0.1, -0.05) is 12.1 Å². The average molecular weight is 343 g/mol. The van der Waals surface area contributed by atoms with Crippen molar-refractivity contribution in [1.82, 2.24) is 9.78 Å². The summed E-state index contributed by atoms with van der Waals surface area (Å²) >= 11 is 0. The zero-order chi connectivity index (χ0) is 17.8. The number of carbonyl (C=O) groups excluding carboxylic acids is 1. The van der Waals surface area contributed by atoms with Crippen molar-refractivity contribution in [2.75, 3.05) is 43.1 Å². The van der Waals surface area contributed by atoms with E-state index in [0.717, 1.165) is 29.2 Å². The molecule has 0 bridgehead atoms. The summed E-state index contributed by atoms with van der Waals surface area (Å²) in [4.78, 5) is 26.6. The highest BCUT2D eigenvalue weighted by Crippen LogP contribution is 2.28. The topological polar surface area (TPSA) is 90.7 Å². The molecule has 0 spiro atoms. The molecule has 2 aromatic rings. The molecule has 1 saturated heterocycles. The van der Waals surface area contributed by atoms with Crippen molar-refractivity contribution in [3.8, 4) is 5.75 Å². The van der Waals surface area contributed by atoms with Gasteiger partial charge in [-0.15, -0.1) is 0 Å². The molecule has 1 aromatic carbocycles. The minimum Gasteiger partial charge on any atom is -0.548 e. The number of carboxylic acid groups (broad SMARTS) is 1. The molecule has 0 saturated carbocycles. The number of aromatic nitrogens is 2. The number of benzene rings is 1. The molecular weight excluding hydrogens is 324 g/mol. The van der Waals surface area contributed by atoms with Crippen molar-refractivity contribution >= 4 is 17.5 Å². The summed E-state index contributed by atoms with van der Waals surface area (Å²) in [7, 11) is 1.65. The van der Waals surface area contributed by atoms with Gasteiger partial charge in [0.1, 0.15) is 11.6 Å². The van der Waals surface area contributed by atoms with E-state index < -0.39 is 18.1 Å². The number of nitrogens with zero attached hydrogens (tertiary/aromatic N) is 4. The van der Waals surface area contributed by atoms with Gasteiger partial charge in [0.2, 0.25) is 0 Å². The first-order chi connectivity index (χ1) is 12.1. The Bertz CT molecular complexity index is 812. The second kappa shape index (κ2) is 7.25. The summed E-state index contributed by atoms with van der Waals surface area (Å²) in [5.41, 5.74) is 0.583. The number of hydrogen-bond acceptors (Lipinski definition) is 7. The standard InChI is InChI=1S/C17H20N4O4/c1-25-14-5-3-2-4-13(14)19-8-10-20(11-9-19)15-6-7-16(22)21(18-15)12-17(23)24/h2-7H,8-12H2,1H3,(H,23,24)/p-1. The van der Waals surface area contributed by atoms with E-state index in [9.17, 15) is 14.7 Å². The number of methoxy groups -OCH3 is 1. The molecule has 1 fully saturated rings. The molecule has 0 radical (unpaired) electrons. The Labute approximate surface area is 144 Å². The van der Waals surface area contributed by atoms with E-state index >= 15 is 0 Å². The number of anilines is 2. The van der Waals surface area contributed by atoms with Crippen LogP contribution >= 0.6 is 0 Å². The molecule has 1 aromatic heterocycles. The van der Waals surface area contributed by atoms with E-state index in [1.165, 1.54) is 6.07 Å². The highest BCUT2D eigenvalue weighted by molar-refractivity contribution is 5.64. The van der Waals surface area contributed by atoms with Crippen molar-refractivity contribution in [1.29, 1.82) is 0 Å². The molecule has 8 heteroatoms. The molecule has 0 N–H and O–H groups in total. The first kappa shape index (κ1) is 16.8. The van der Waals surface area contributed by atoms with E-state index in [2.05, 4.69) is 10.00 Å². The number of hydrogen-bond donors (Lipinski definition) is 0. The summed E-state index contributed by atoms with van der Waals surface area (Å²) < 4.78 is 6.32. The van der Waals surface area contributed by atoms with E-state index in [-0.39, 0.29) is 0 Å². The van der Waals surface area contributed by atoms with Gasteiger partial charge >= 0.3 is 0 Å². The number of para-hydroxylation sites is 2. The van der Waals surface area contributed by atoms with E-state index in [1.807, 2.05) is 29.2 Å². The first-order valence-electron chi connectivity index (χ1n) is 7.99. The molecule has 0 amide bonds. The van der Waals surface area contributed by atoms with Crippen LogP contribution in [0.15, 0.2) is 41.2 Å². The largest absolute Gasteiger partial charge is 0.548 e. The monoisotopic (exact) mass is 343 g/mol. The maximum atomic E-state index is 11.7. The highest BCUT2D eigenvalue weighted by atomic mass is 16.5. The van der Waals surface area contributed by atoms with Crippen LogP contribution in [-0.2, 0) is 11.3 Å². The Balaban J connectivity index is 1.72. The van der Waals surface area contributed by atoms with Crippen LogP contribution in [0, 0.1) is 0 Å². The number of rotatable bonds is 5. The van der Waals surface area contributed by atoms with Crippen molar-refractivity contribution in [3.05, 3.63) is 46.8 Å². The van der Waals surface area contributed by atoms with Crippen LogP contribution in [0.3, 0.4) is 0 Å². The Morgan fingerprint density at radius 3 is 2.48 bits per heavy atom. The molecule has 0 aliphatic carbocycles. The lowest BCUT2D eigenvalue weighted by molar-refractivity contribution is -0.306. The van der Waals surface area contributed by atoms with Gasteiger partial charge in [0.05, 0.1) is 25.3 Å². The number of piperazine rings is 1. The fourth-order valence-electron chi connectivity index (χ4n) is 2.91. The lowest BCUT2D eigenvalue weighted by Gasteiger charge is -2.37. The fraction of sp³-hybridized carbons (Fsp3) is 0.353. The van der Waals surface area contributed by atoms with Crippen molar-refractivity contribution in [2.24, 2.45) is 0 Å². The Morgan fingerprint density at radius 2 is 1.80 bits per heavy atom. The van der Waals surface area contributed by atoms with E-state index in [1.54, 1.807) is 13.2 Å². The molecule has 8 nitrogen and oxygen atoms in total. The van der Waals surface area contributed by atoms with Gasteiger partial charge in [0.25, 0.3) is 5.56 Å². The predicted molar refractivity (Wildman–Crippen MR) is 90.9 cm³/mol. The lowest BCUT2D eigenvalue weighted by Crippen LogP contribution is -2.47. The van der Waals surface area contributed by atoms with E-state index in [0.29, 0.717) is 18.9 Å². The van der Waals surface area contributed by atoms with E-state index in [4.69, 9.17) is 4.74 Å². The average Bonchev–Trinajstić information content (AvgIpc) is 2.63. The predicted octanol–water partition coefficient (Wildman–Crippen LogP) is -0.672. The second-order valence-electron chi connectivity index (χ2n) is 5.71. The minimum atomic E-state index is -1.34. The third-order valence-corrected chi connectivity index (χ3v) is 4.16. The quantitative estimate of drug-likeness (QED) is 0.711. The van der Waals surface area contributed by atoms with Crippen molar-refractivity contribution in [3.63, 3.8) is 0 Å². The lowest BCUT2D eigenvalue weighted by atomic mass is 10.2. The SMILES string of the molecule is COc1ccccc1N1CCN(c2ccc(=O)n(CC(=O)[O-])n2)CC1. The van der Waals surface area contributed by atoms with Gasteiger partial charge in [-0.2, -0.15) is 5.10 Å². The molecule has 1 aliphatic rings. The van der Waals surface area contributed by atoms with Crippen LogP contribution in [0.5, 0.6) is 5.75 Å². The van der Waals surface area contributed by atoms with Gasteiger partial charge in [-0.05, 0) is 18.2 Å². The summed E-state index contributed by atoms with van der Waals surface area (Å²) in [6, 6.07) is 10.8. The third-order valence-electron chi connectivity index (χ3n) is 4.16. The number of aliphatic carboxylic acids is 1. The number of carbonyl (C=O) groups is 1. The van der Waals surface area contributed by atoms with Gasteiger partial charge in [-0.25, -0.2) is 4.68 Å². The molecule has 132 valence electrons. The molecule has 0 atom stereocenters. The fourth-order valence-corrected chi connectivity index (χ4v) is 2.91. The summed E-state index contributed by atoms with van der Waals surface area (Å²) in [6.45, 7) is 2.39. The van der Waals surface area contributed by atoms with Gasteiger partial charge in [-0.3, -0.25) is 4.79 Å². The normalized spacial score (nSPS) is 14.4. The van der Waals surface area contributed by atoms with Crippen molar-refractivity contribution in [2.45, 2.75) is 6.54 Å². The summed E-state index contributed by atoms with van der Waals surface area (Å²) in [5, 5.41) is 14.9. The maximum absolute atomic E-state index is 11.7. The van der Waals surface area contributed by atoms with Crippen LogP contribution in [0.1, 0.15) is 0 Å². The molecule has 2 heterocycles. The van der Waals surface area contributed by atoms with Crippen LogP contribution in [-0.4, -0.2) is 49.0 Å². The molecular formula is C17H19N4O4-. The van der Waals surface area contributed by atoms with Gasteiger partial charge in [0, 0.05) is 32.2 Å².